The van der Waals surface area contributed by atoms with Crippen molar-refractivity contribution < 1.29 is 27.9 Å². The van der Waals surface area contributed by atoms with Crippen LogP contribution in [0.5, 0.6) is 0 Å². The highest BCUT2D eigenvalue weighted by molar-refractivity contribution is 6.33. The SMILES string of the molecule is CCCC(=O)Nc1ccc(C(=O)COC(=O)c2cc(F)c(F)cc2Cl)cc1. The molecule has 0 saturated carbocycles. The highest BCUT2D eigenvalue weighted by Crippen LogP contribution is 2.21. The van der Waals surface area contributed by atoms with Gasteiger partial charge in [-0.1, -0.05) is 18.5 Å². The zero-order valence-electron chi connectivity index (χ0n) is 14.4. The van der Waals surface area contributed by atoms with E-state index in [1.165, 1.54) is 12.1 Å². The number of benzene rings is 2. The number of anilines is 1. The van der Waals surface area contributed by atoms with Crippen LogP contribution >= 0.6 is 11.6 Å². The summed E-state index contributed by atoms with van der Waals surface area (Å²) < 4.78 is 31.1. The molecule has 0 aliphatic carbocycles. The number of ether oxygens (including phenoxy) is 1. The average molecular weight is 396 g/mol. The number of halogens is 3. The second kappa shape index (κ2) is 9.23. The smallest absolute Gasteiger partial charge is 0.340 e. The van der Waals surface area contributed by atoms with Gasteiger partial charge in [0.2, 0.25) is 5.91 Å². The summed E-state index contributed by atoms with van der Waals surface area (Å²) in [6, 6.07) is 7.31. The van der Waals surface area contributed by atoms with E-state index in [1.807, 2.05) is 6.92 Å². The summed E-state index contributed by atoms with van der Waals surface area (Å²) in [6.07, 6.45) is 1.11. The Morgan fingerprint density at radius 3 is 2.33 bits per heavy atom. The molecule has 0 fully saturated rings. The minimum Gasteiger partial charge on any atom is -0.454 e. The molecule has 0 aliphatic heterocycles. The first-order valence-corrected chi connectivity index (χ1v) is 8.44. The molecule has 2 aromatic carbocycles. The summed E-state index contributed by atoms with van der Waals surface area (Å²) in [5.74, 6) is -4.13. The van der Waals surface area contributed by atoms with Gasteiger partial charge in [-0.25, -0.2) is 13.6 Å². The van der Waals surface area contributed by atoms with Gasteiger partial charge in [0.25, 0.3) is 0 Å². The Morgan fingerprint density at radius 1 is 1.07 bits per heavy atom. The standard InChI is InChI=1S/C19H16ClF2NO4/c1-2-3-18(25)23-12-6-4-11(5-7-12)17(24)10-27-19(26)13-8-15(21)16(22)9-14(13)20/h4-9H,2-3,10H2,1H3,(H,23,25). The Bertz CT molecular complexity index is 869. The summed E-state index contributed by atoms with van der Waals surface area (Å²) in [4.78, 5) is 35.5. The zero-order chi connectivity index (χ0) is 20.0. The van der Waals surface area contributed by atoms with E-state index in [0.717, 1.165) is 6.42 Å². The summed E-state index contributed by atoms with van der Waals surface area (Å²) in [5, 5.41) is 2.36. The molecule has 0 radical (unpaired) electrons. The van der Waals surface area contributed by atoms with Gasteiger partial charge in [0.1, 0.15) is 0 Å². The monoisotopic (exact) mass is 395 g/mol. The van der Waals surface area contributed by atoms with Crippen LogP contribution in [0, 0.1) is 11.6 Å². The van der Waals surface area contributed by atoms with Gasteiger partial charge in [-0.05, 0) is 42.8 Å². The molecule has 5 nitrogen and oxygen atoms in total. The highest BCUT2D eigenvalue weighted by atomic mass is 35.5. The van der Waals surface area contributed by atoms with Crippen LogP contribution in [0.15, 0.2) is 36.4 Å². The lowest BCUT2D eigenvalue weighted by Gasteiger charge is -2.08. The fraction of sp³-hybridized carbons (Fsp3) is 0.211. The third kappa shape index (κ3) is 5.59. The van der Waals surface area contributed by atoms with Crippen LogP contribution in [-0.4, -0.2) is 24.3 Å². The van der Waals surface area contributed by atoms with Gasteiger partial charge < -0.3 is 10.1 Å². The molecule has 8 heteroatoms. The second-order valence-corrected chi connectivity index (χ2v) is 6.03. The molecule has 27 heavy (non-hydrogen) atoms. The number of ketones is 1. The van der Waals surface area contributed by atoms with Crippen LogP contribution in [0.1, 0.15) is 40.5 Å². The minimum atomic E-state index is -1.25. The first-order chi connectivity index (χ1) is 12.8. The Balaban J connectivity index is 1.96. The van der Waals surface area contributed by atoms with Crippen molar-refractivity contribution in [3.05, 3.63) is 64.2 Å². The van der Waals surface area contributed by atoms with E-state index in [4.69, 9.17) is 16.3 Å². The number of Topliss-reactive ketones (excluding diaryl/α,β-unsaturated/α-hetero) is 1. The summed E-state index contributed by atoms with van der Waals surface area (Å²) >= 11 is 5.68. The van der Waals surface area contributed by atoms with Crippen LogP contribution in [0.25, 0.3) is 0 Å². The summed E-state index contributed by atoms with van der Waals surface area (Å²) in [6.45, 7) is 1.28. The van der Waals surface area contributed by atoms with Crippen molar-refractivity contribution in [2.75, 3.05) is 11.9 Å². The first-order valence-electron chi connectivity index (χ1n) is 8.06. The van der Waals surface area contributed by atoms with Crippen molar-refractivity contribution in [2.45, 2.75) is 19.8 Å². The maximum absolute atomic E-state index is 13.2. The van der Waals surface area contributed by atoms with Crippen LogP contribution in [0.3, 0.4) is 0 Å². The number of esters is 1. The van der Waals surface area contributed by atoms with Gasteiger partial charge in [0, 0.05) is 17.7 Å². The lowest BCUT2D eigenvalue weighted by molar-refractivity contribution is -0.116. The number of hydrogen-bond acceptors (Lipinski definition) is 4. The third-order valence-electron chi connectivity index (χ3n) is 3.53. The lowest BCUT2D eigenvalue weighted by atomic mass is 10.1. The Kier molecular flexibility index (Phi) is 7.01. The van der Waals surface area contributed by atoms with Crippen molar-refractivity contribution in [3.8, 4) is 0 Å². The van der Waals surface area contributed by atoms with E-state index in [9.17, 15) is 23.2 Å². The van der Waals surface area contributed by atoms with Gasteiger partial charge in [-0.15, -0.1) is 0 Å². The lowest BCUT2D eigenvalue weighted by Crippen LogP contribution is -2.15. The van der Waals surface area contributed by atoms with Crippen LogP contribution < -0.4 is 5.32 Å². The molecule has 142 valence electrons. The molecule has 1 N–H and O–H groups in total. The van der Waals surface area contributed by atoms with Crippen molar-refractivity contribution in [1.29, 1.82) is 0 Å². The molecule has 1 amide bonds. The predicted octanol–water partition coefficient (Wildman–Crippen LogP) is 4.40. The molecule has 0 unspecified atom stereocenters. The van der Waals surface area contributed by atoms with E-state index in [-0.39, 0.29) is 22.1 Å². The van der Waals surface area contributed by atoms with E-state index < -0.39 is 30.0 Å². The predicted molar refractivity (Wildman–Crippen MR) is 96.0 cm³/mol. The van der Waals surface area contributed by atoms with Crippen LogP contribution in [-0.2, 0) is 9.53 Å². The van der Waals surface area contributed by atoms with E-state index >= 15 is 0 Å². The molecule has 0 atom stereocenters. The number of carbonyl (C=O) groups is 3. The number of carbonyl (C=O) groups excluding carboxylic acids is 3. The fourth-order valence-corrected chi connectivity index (χ4v) is 2.39. The molecule has 2 aromatic rings. The van der Waals surface area contributed by atoms with Gasteiger partial charge in [-0.3, -0.25) is 9.59 Å². The minimum absolute atomic E-state index is 0.131. The maximum Gasteiger partial charge on any atom is 0.340 e. The Hall–Kier alpha value is -2.80. The molecule has 0 aliphatic rings. The molecule has 0 bridgehead atoms. The number of nitrogens with one attached hydrogen (secondary N) is 1. The normalized spacial score (nSPS) is 10.4. The molecular formula is C19H16ClF2NO4. The first kappa shape index (κ1) is 20.5. The van der Waals surface area contributed by atoms with Crippen molar-refractivity contribution >= 4 is 34.9 Å². The molecular weight excluding hydrogens is 380 g/mol. The highest BCUT2D eigenvalue weighted by Gasteiger charge is 2.18. The maximum atomic E-state index is 13.2. The third-order valence-corrected chi connectivity index (χ3v) is 3.84. The largest absolute Gasteiger partial charge is 0.454 e. The van der Waals surface area contributed by atoms with Gasteiger partial charge >= 0.3 is 5.97 Å². The van der Waals surface area contributed by atoms with Crippen molar-refractivity contribution in [3.63, 3.8) is 0 Å². The second-order valence-electron chi connectivity index (χ2n) is 5.62. The van der Waals surface area contributed by atoms with Gasteiger partial charge in [0.05, 0.1) is 10.6 Å². The summed E-state index contributed by atoms with van der Waals surface area (Å²) in [7, 11) is 0. The Morgan fingerprint density at radius 2 is 1.70 bits per heavy atom. The number of amides is 1. The number of hydrogen-bond donors (Lipinski definition) is 1. The quantitative estimate of drug-likeness (QED) is 0.428. The van der Waals surface area contributed by atoms with E-state index in [1.54, 1.807) is 12.1 Å². The number of rotatable bonds is 7. The van der Waals surface area contributed by atoms with Crippen LogP contribution in [0.4, 0.5) is 14.5 Å². The molecule has 2 rings (SSSR count). The fourth-order valence-electron chi connectivity index (χ4n) is 2.16. The topological polar surface area (TPSA) is 72.5 Å². The Labute approximate surface area is 159 Å². The molecule has 0 saturated heterocycles. The van der Waals surface area contributed by atoms with Crippen LogP contribution in [0.2, 0.25) is 5.02 Å². The molecule has 0 heterocycles. The summed E-state index contributed by atoms with van der Waals surface area (Å²) in [5.41, 5.74) is 0.417. The zero-order valence-corrected chi connectivity index (χ0v) is 15.1. The van der Waals surface area contributed by atoms with Crippen molar-refractivity contribution in [1.82, 2.24) is 0 Å². The van der Waals surface area contributed by atoms with Crippen molar-refractivity contribution in [2.24, 2.45) is 0 Å². The van der Waals surface area contributed by atoms with E-state index in [2.05, 4.69) is 5.32 Å². The molecule has 0 aromatic heterocycles. The van der Waals surface area contributed by atoms with E-state index in [0.29, 0.717) is 24.2 Å². The van der Waals surface area contributed by atoms with Gasteiger partial charge in [0.15, 0.2) is 24.0 Å². The molecule has 0 spiro atoms. The average Bonchev–Trinajstić information content (AvgIpc) is 2.63. The van der Waals surface area contributed by atoms with Gasteiger partial charge in [-0.2, -0.15) is 0 Å².